The number of benzene rings is 1. The molecule has 0 spiro atoms. The minimum Gasteiger partial charge on any atom is -0.481 e. The largest absolute Gasteiger partial charge is 0.481 e. The maximum atomic E-state index is 14.3. The highest BCUT2D eigenvalue weighted by Gasteiger charge is 2.32. The average Bonchev–Trinajstić information content (AvgIpc) is 3.32. The molecule has 5 rings (SSSR count). The van der Waals surface area contributed by atoms with E-state index in [4.69, 9.17) is 0 Å². The summed E-state index contributed by atoms with van der Waals surface area (Å²) >= 11 is 0. The lowest BCUT2D eigenvalue weighted by molar-refractivity contribution is -0.143. The minimum atomic E-state index is -0.666. The van der Waals surface area contributed by atoms with Crippen LogP contribution in [0, 0.1) is 11.7 Å². The summed E-state index contributed by atoms with van der Waals surface area (Å²) in [4.78, 5) is 33.1. The van der Waals surface area contributed by atoms with Crippen LogP contribution in [0.5, 0.6) is 0 Å². The van der Waals surface area contributed by atoms with Crippen molar-refractivity contribution in [3.05, 3.63) is 59.8 Å². The van der Waals surface area contributed by atoms with Gasteiger partial charge in [-0.2, -0.15) is 0 Å². The Morgan fingerprint density at radius 1 is 1.08 bits per heavy atom. The Morgan fingerprint density at radius 2 is 1.79 bits per heavy atom. The highest BCUT2D eigenvalue weighted by molar-refractivity contribution is 5.99. The summed E-state index contributed by atoms with van der Waals surface area (Å²) in [6, 6.07) is 6.95. The number of hydrogen-bond donors (Lipinski definition) is 1. The fraction of sp³-hybridized carbons (Fsp3) is 0.500. The van der Waals surface area contributed by atoms with Crippen LogP contribution in [0.4, 0.5) is 4.39 Å². The number of piperidine rings is 1. The second-order valence-electron chi connectivity index (χ2n) is 11.2. The number of aliphatic carboxylic acids is 1. The van der Waals surface area contributed by atoms with E-state index >= 15 is 0 Å². The van der Waals surface area contributed by atoms with Crippen LogP contribution in [0.25, 0.3) is 16.6 Å². The number of pyridine rings is 1. The van der Waals surface area contributed by atoms with E-state index in [-0.39, 0.29) is 17.9 Å². The number of likely N-dealkylation sites (tertiary alicyclic amines) is 1. The van der Waals surface area contributed by atoms with Gasteiger partial charge in [0.15, 0.2) is 0 Å². The Bertz CT molecular complexity index is 1320. The number of fused-ring (bicyclic) bond motifs is 1. The number of carbonyl (C=O) groups excluding carboxylic acids is 1. The van der Waals surface area contributed by atoms with Gasteiger partial charge < -0.3 is 19.5 Å². The Balaban J connectivity index is 1.41. The molecule has 1 aliphatic carbocycles. The monoisotopic (exact) mass is 520 g/mol. The fourth-order valence-electron chi connectivity index (χ4n) is 6.20. The third kappa shape index (κ3) is 5.06. The van der Waals surface area contributed by atoms with E-state index in [9.17, 15) is 19.1 Å². The predicted molar refractivity (Wildman–Crippen MR) is 145 cm³/mol. The van der Waals surface area contributed by atoms with E-state index in [1.807, 2.05) is 30.7 Å². The molecule has 1 saturated heterocycles. The zero-order chi connectivity index (χ0) is 27.0. The molecule has 0 unspecified atom stereocenters. The maximum Gasteiger partial charge on any atom is 0.306 e. The van der Waals surface area contributed by atoms with Crippen LogP contribution in [0.3, 0.4) is 0 Å². The molecule has 0 atom stereocenters. The van der Waals surface area contributed by atoms with Gasteiger partial charge in [-0.15, -0.1) is 0 Å². The van der Waals surface area contributed by atoms with Crippen molar-refractivity contribution in [3.63, 3.8) is 0 Å². The van der Waals surface area contributed by atoms with Gasteiger partial charge in [0, 0.05) is 36.9 Å². The lowest BCUT2D eigenvalue weighted by atomic mass is 9.80. The van der Waals surface area contributed by atoms with Gasteiger partial charge in [-0.05, 0) is 101 Å². The van der Waals surface area contributed by atoms with Crippen LogP contribution in [-0.2, 0) is 4.79 Å². The highest BCUT2D eigenvalue weighted by Crippen LogP contribution is 2.40. The fourth-order valence-corrected chi connectivity index (χ4v) is 6.20. The first kappa shape index (κ1) is 26.4. The van der Waals surface area contributed by atoms with Crippen molar-refractivity contribution in [2.24, 2.45) is 5.92 Å². The average molecular weight is 521 g/mol. The highest BCUT2D eigenvalue weighted by atomic mass is 19.1. The summed E-state index contributed by atoms with van der Waals surface area (Å²) in [6.45, 7) is 5.61. The number of carbonyl (C=O) groups is 2. The number of aromatic nitrogens is 2. The van der Waals surface area contributed by atoms with Crippen LogP contribution >= 0.6 is 0 Å². The van der Waals surface area contributed by atoms with E-state index in [2.05, 4.69) is 16.1 Å². The van der Waals surface area contributed by atoms with Crippen LogP contribution < -0.4 is 0 Å². The topological polar surface area (TPSA) is 78.7 Å². The second-order valence-corrected chi connectivity index (χ2v) is 11.2. The van der Waals surface area contributed by atoms with Gasteiger partial charge >= 0.3 is 5.97 Å². The van der Waals surface area contributed by atoms with E-state index in [0.29, 0.717) is 23.2 Å². The SMILES string of the molecule is CC(C)N(C)C(=O)c1cc(F)ccc1-n1cc([C@H]2CC[C@@H](N3CCC(C(=O)O)CC3)CC2)c2ccncc21. The molecule has 7 nitrogen and oxygen atoms in total. The minimum absolute atomic E-state index is 0.0117. The van der Waals surface area contributed by atoms with Gasteiger partial charge in [0.1, 0.15) is 5.82 Å². The van der Waals surface area contributed by atoms with Crippen molar-refractivity contribution in [1.29, 1.82) is 0 Å². The maximum absolute atomic E-state index is 14.3. The molecule has 0 bridgehead atoms. The Kier molecular flexibility index (Phi) is 7.52. The van der Waals surface area contributed by atoms with Crippen molar-refractivity contribution in [1.82, 2.24) is 19.4 Å². The first-order valence-corrected chi connectivity index (χ1v) is 13.7. The molecule has 1 amide bonds. The van der Waals surface area contributed by atoms with Gasteiger partial charge in [0.05, 0.1) is 28.9 Å². The van der Waals surface area contributed by atoms with Crippen molar-refractivity contribution in [3.8, 4) is 5.69 Å². The quantitative estimate of drug-likeness (QED) is 0.467. The van der Waals surface area contributed by atoms with Gasteiger partial charge in [0.2, 0.25) is 0 Å². The predicted octanol–water partition coefficient (Wildman–Crippen LogP) is 5.47. The third-order valence-electron chi connectivity index (χ3n) is 8.71. The summed E-state index contributed by atoms with van der Waals surface area (Å²) in [7, 11) is 1.74. The van der Waals surface area contributed by atoms with Gasteiger partial charge in [-0.1, -0.05) is 0 Å². The number of rotatable bonds is 6. The summed E-state index contributed by atoms with van der Waals surface area (Å²) < 4.78 is 16.3. The van der Waals surface area contributed by atoms with Crippen LogP contribution in [0.15, 0.2) is 42.9 Å². The molecule has 1 aliphatic heterocycles. The summed E-state index contributed by atoms with van der Waals surface area (Å²) in [6.07, 6.45) is 11.5. The van der Waals surface area contributed by atoms with Gasteiger partial charge in [-0.3, -0.25) is 14.6 Å². The molecular formula is C30H37FN4O3. The van der Waals surface area contributed by atoms with Crippen LogP contribution in [0.2, 0.25) is 0 Å². The summed E-state index contributed by atoms with van der Waals surface area (Å²) in [5, 5.41) is 10.4. The molecule has 1 saturated carbocycles. The van der Waals surface area contributed by atoms with Crippen LogP contribution in [0.1, 0.15) is 74.2 Å². The molecule has 2 aliphatic rings. The molecule has 202 valence electrons. The van der Waals surface area contributed by atoms with E-state index in [1.165, 1.54) is 17.7 Å². The first-order chi connectivity index (χ1) is 18.2. The molecule has 38 heavy (non-hydrogen) atoms. The van der Waals surface area contributed by atoms with Gasteiger partial charge in [-0.25, -0.2) is 4.39 Å². The third-order valence-corrected chi connectivity index (χ3v) is 8.71. The standard InChI is InChI=1S/C30H37FN4O3/c1-19(2)33(3)29(36)25-16-22(31)6-9-27(25)35-18-26(24-10-13-32-17-28(24)35)20-4-7-23(8-5-20)34-14-11-21(12-15-34)30(37)38/h6,9-10,13,16-21,23H,4-5,7-8,11-12,14-15H2,1-3H3,(H,37,38)/t20-,23+. The molecule has 1 aromatic carbocycles. The molecule has 3 aromatic rings. The molecule has 0 radical (unpaired) electrons. The molecule has 3 heterocycles. The van der Waals surface area contributed by atoms with Crippen LogP contribution in [-0.4, -0.2) is 68.6 Å². The Labute approximate surface area is 223 Å². The van der Waals surface area contributed by atoms with E-state index in [0.717, 1.165) is 62.5 Å². The zero-order valence-electron chi connectivity index (χ0n) is 22.4. The second kappa shape index (κ2) is 10.8. The molecule has 8 heteroatoms. The normalized spacial score (nSPS) is 21.2. The Hall–Kier alpha value is -3.26. The van der Waals surface area contributed by atoms with Gasteiger partial charge in [0.25, 0.3) is 5.91 Å². The number of carboxylic acid groups (broad SMARTS) is 1. The Morgan fingerprint density at radius 3 is 2.45 bits per heavy atom. The first-order valence-electron chi connectivity index (χ1n) is 13.7. The lowest BCUT2D eigenvalue weighted by Crippen LogP contribution is -2.44. The van der Waals surface area contributed by atoms with Crippen molar-refractivity contribution in [2.45, 2.75) is 70.4 Å². The van der Waals surface area contributed by atoms with Crippen molar-refractivity contribution in [2.75, 3.05) is 20.1 Å². The number of nitrogens with zero attached hydrogens (tertiary/aromatic N) is 4. The number of amides is 1. The molecule has 2 aromatic heterocycles. The number of carboxylic acids is 1. The zero-order valence-corrected chi connectivity index (χ0v) is 22.4. The van der Waals surface area contributed by atoms with E-state index < -0.39 is 11.8 Å². The number of hydrogen-bond acceptors (Lipinski definition) is 4. The molecular weight excluding hydrogens is 483 g/mol. The molecule has 1 N–H and O–H groups in total. The summed E-state index contributed by atoms with van der Waals surface area (Å²) in [5.41, 5.74) is 3.14. The summed E-state index contributed by atoms with van der Waals surface area (Å²) in [5.74, 6) is -1.14. The van der Waals surface area contributed by atoms with Crippen molar-refractivity contribution < 1.29 is 19.1 Å². The smallest absolute Gasteiger partial charge is 0.306 e. The number of halogens is 1. The van der Waals surface area contributed by atoms with Crippen molar-refractivity contribution >= 4 is 22.8 Å². The lowest BCUT2D eigenvalue weighted by Gasteiger charge is -2.40. The molecule has 2 fully saturated rings. The van der Waals surface area contributed by atoms with E-state index in [1.54, 1.807) is 24.2 Å².